The Morgan fingerprint density at radius 2 is 2.11 bits per heavy atom. The minimum absolute atomic E-state index is 0.0655. The fourth-order valence-corrected chi connectivity index (χ4v) is 2.05. The van der Waals surface area contributed by atoms with Crippen molar-refractivity contribution in [3.05, 3.63) is 0 Å². The van der Waals surface area contributed by atoms with E-state index in [-0.39, 0.29) is 31.8 Å². The van der Waals surface area contributed by atoms with Crippen LogP contribution in [0.4, 0.5) is 18.0 Å². The van der Waals surface area contributed by atoms with Gasteiger partial charge in [0.1, 0.15) is 5.84 Å². The zero-order valence-electron chi connectivity index (χ0n) is 11.0. The maximum atomic E-state index is 12.2. The number of aliphatic imine (C=N–C) groups is 1. The van der Waals surface area contributed by atoms with E-state index in [0.29, 0.717) is 0 Å². The van der Waals surface area contributed by atoms with Crippen molar-refractivity contribution in [1.82, 2.24) is 4.90 Å². The van der Waals surface area contributed by atoms with Gasteiger partial charge < -0.3 is 15.4 Å². The van der Waals surface area contributed by atoms with Crippen molar-refractivity contribution < 1.29 is 22.7 Å². The number of nitrogens with zero attached hydrogens (tertiary/aromatic N) is 2. The molecule has 0 aliphatic carbocycles. The summed E-state index contributed by atoms with van der Waals surface area (Å²) >= 11 is 0. The van der Waals surface area contributed by atoms with Gasteiger partial charge in [-0.05, 0) is 19.8 Å². The van der Waals surface area contributed by atoms with Crippen LogP contribution in [0.3, 0.4) is 0 Å². The Morgan fingerprint density at radius 1 is 1.47 bits per heavy atom. The molecule has 1 heterocycles. The van der Waals surface area contributed by atoms with Gasteiger partial charge in [-0.25, -0.2) is 4.79 Å². The molecule has 0 spiro atoms. The van der Waals surface area contributed by atoms with Crippen LogP contribution in [0.2, 0.25) is 0 Å². The molecule has 5 nitrogen and oxygen atoms in total. The first kappa shape index (κ1) is 15.7. The second-order valence-electron chi connectivity index (χ2n) is 4.67. The summed E-state index contributed by atoms with van der Waals surface area (Å²) in [6.45, 7) is 2.16. The summed E-state index contributed by atoms with van der Waals surface area (Å²) in [6.07, 6.45) is -5.09. The van der Waals surface area contributed by atoms with Crippen molar-refractivity contribution in [2.24, 2.45) is 10.7 Å². The van der Waals surface area contributed by atoms with E-state index in [2.05, 4.69) is 4.99 Å². The lowest BCUT2D eigenvalue weighted by Gasteiger charge is -2.34. The lowest BCUT2D eigenvalue weighted by Crippen LogP contribution is -2.52. The van der Waals surface area contributed by atoms with Crippen LogP contribution in [0.25, 0.3) is 0 Å². The molecule has 0 fully saturated rings. The molecule has 1 unspecified atom stereocenters. The van der Waals surface area contributed by atoms with Crippen molar-refractivity contribution in [3.8, 4) is 0 Å². The predicted molar refractivity (Wildman–Crippen MR) is 63.9 cm³/mol. The van der Waals surface area contributed by atoms with Crippen molar-refractivity contribution in [1.29, 1.82) is 0 Å². The third-order valence-electron chi connectivity index (χ3n) is 3.24. The Balaban J connectivity index is 2.68. The highest BCUT2D eigenvalue weighted by Crippen LogP contribution is 2.31. The second kappa shape index (κ2) is 5.77. The van der Waals surface area contributed by atoms with E-state index < -0.39 is 24.2 Å². The zero-order chi connectivity index (χ0) is 14.7. The maximum Gasteiger partial charge on any atom is 0.389 e. The molecule has 0 aromatic rings. The van der Waals surface area contributed by atoms with E-state index in [1.165, 1.54) is 12.0 Å². The molecule has 1 atom stereocenters. The SMILES string of the molecule is COCCN1C(=O)N=C(N)C1(C)CCCC(F)(F)F. The average Bonchev–Trinajstić information content (AvgIpc) is 2.46. The van der Waals surface area contributed by atoms with Gasteiger partial charge in [0, 0.05) is 20.1 Å². The van der Waals surface area contributed by atoms with E-state index in [1.807, 2.05) is 0 Å². The summed E-state index contributed by atoms with van der Waals surface area (Å²) in [5, 5.41) is 0. The molecule has 0 saturated carbocycles. The molecular weight excluding hydrogens is 263 g/mol. The van der Waals surface area contributed by atoms with E-state index >= 15 is 0 Å². The van der Waals surface area contributed by atoms with Gasteiger partial charge in [-0.2, -0.15) is 18.2 Å². The Kier molecular flexibility index (Phi) is 4.78. The van der Waals surface area contributed by atoms with Gasteiger partial charge in [-0.3, -0.25) is 0 Å². The van der Waals surface area contributed by atoms with Crippen LogP contribution in [0.15, 0.2) is 4.99 Å². The number of nitrogens with two attached hydrogens (primary N) is 1. The molecule has 2 N–H and O–H groups in total. The molecule has 0 aromatic heterocycles. The smallest absolute Gasteiger partial charge is 0.385 e. The molecule has 8 heteroatoms. The van der Waals surface area contributed by atoms with Crippen LogP contribution in [0.5, 0.6) is 0 Å². The largest absolute Gasteiger partial charge is 0.389 e. The molecule has 19 heavy (non-hydrogen) atoms. The van der Waals surface area contributed by atoms with Crippen LogP contribution in [0.1, 0.15) is 26.2 Å². The van der Waals surface area contributed by atoms with Gasteiger partial charge in [-0.15, -0.1) is 0 Å². The van der Waals surface area contributed by atoms with E-state index in [4.69, 9.17) is 10.5 Å². The fraction of sp³-hybridized carbons (Fsp3) is 0.818. The number of amides is 2. The molecule has 0 saturated heterocycles. The summed E-state index contributed by atoms with van der Waals surface area (Å²) < 4.78 is 41.4. The lowest BCUT2D eigenvalue weighted by atomic mass is 9.92. The molecule has 0 bridgehead atoms. The zero-order valence-corrected chi connectivity index (χ0v) is 11.0. The number of ether oxygens (including phenoxy) is 1. The minimum Gasteiger partial charge on any atom is -0.385 e. The summed E-state index contributed by atoms with van der Waals surface area (Å²) in [5.41, 5.74) is 4.72. The van der Waals surface area contributed by atoms with Crippen LogP contribution in [0, 0.1) is 0 Å². The van der Waals surface area contributed by atoms with E-state index in [1.54, 1.807) is 6.92 Å². The molecule has 2 amide bonds. The first-order valence-corrected chi connectivity index (χ1v) is 5.92. The second-order valence-corrected chi connectivity index (χ2v) is 4.67. The van der Waals surface area contributed by atoms with Gasteiger partial charge in [0.15, 0.2) is 0 Å². The molecule has 0 radical (unpaired) electrons. The van der Waals surface area contributed by atoms with E-state index in [0.717, 1.165) is 0 Å². The molecule has 1 aliphatic rings. The van der Waals surface area contributed by atoms with Gasteiger partial charge in [0.25, 0.3) is 0 Å². The Hall–Kier alpha value is -1.31. The number of hydrogen-bond acceptors (Lipinski definition) is 3. The maximum absolute atomic E-state index is 12.2. The van der Waals surface area contributed by atoms with E-state index in [9.17, 15) is 18.0 Å². The molecule has 0 aromatic carbocycles. The first-order chi connectivity index (χ1) is 8.70. The lowest BCUT2D eigenvalue weighted by molar-refractivity contribution is -0.136. The van der Waals surface area contributed by atoms with Crippen LogP contribution >= 0.6 is 0 Å². The molecular formula is C11H18F3N3O2. The highest BCUT2D eigenvalue weighted by atomic mass is 19.4. The first-order valence-electron chi connectivity index (χ1n) is 5.92. The Labute approximate surface area is 109 Å². The molecule has 110 valence electrons. The summed E-state index contributed by atoms with van der Waals surface area (Å²) in [4.78, 5) is 16.6. The predicted octanol–water partition coefficient (Wildman–Crippen LogP) is 1.92. The Morgan fingerprint density at radius 3 is 2.63 bits per heavy atom. The van der Waals surface area contributed by atoms with Gasteiger partial charge in [0.2, 0.25) is 0 Å². The highest BCUT2D eigenvalue weighted by Gasteiger charge is 2.44. The number of urea groups is 1. The molecule has 1 rings (SSSR count). The van der Waals surface area contributed by atoms with Gasteiger partial charge in [-0.1, -0.05) is 0 Å². The summed E-state index contributed by atoms with van der Waals surface area (Å²) in [5.74, 6) is 0.0655. The van der Waals surface area contributed by atoms with Crippen LogP contribution in [-0.2, 0) is 4.74 Å². The van der Waals surface area contributed by atoms with Crippen LogP contribution < -0.4 is 5.73 Å². The van der Waals surface area contributed by atoms with Crippen molar-refractivity contribution in [3.63, 3.8) is 0 Å². The number of rotatable bonds is 6. The number of amidine groups is 1. The third-order valence-corrected chi connectivity index (χ3v) is 3.24. The number of halogens is 3. The Bertz CT molecular complexity index is 371. The third kappa shape index (κ3) is 3.82. The minimum atomic E-state index is -4.21. The topological polar surface area (TPSA) is 67.9 Å². The van der Waals surface area contributed by atoms with Crippen molar-refractivity contribution >= 4 is 11.9 Å². The molecule has 1 aliphatic heterocycles. The monoisotopic (exact) mass is 281 g/mol. The number of methoxy groups -OCH3 is 1. The standard InChI is InChI=1S/C11H18F3N3O2/c1-10(4-3-5-11(12,13)14)8(15)16-9(18)17(10)6-7-19-2/h3-7H2,1-2H3,(H2,15,16,18). The average molecular weight is 281 g/mol. The number of hydrogen-bond donors (Lipinski definition) is 1. The number of carbonyl (C=O) groups excluding carboxylic acids is 1. The number of carbonyl (C=O) groups is 1. The highest BCUT2D eigenvalue weighted by molar-refractivity contribution is 6.05. The summed E-state index contributed by atoms with van der Waals surface area (Å²) in [6, 6.07) is -0.524. The normalized spacial score (nSPS) is 23.9. The van der Waals surface area contributed by atoms with Crippen LogP contribution in [-0.4, -0.2) is 48.7 Å². The number of alkyl halides is 3. The van der Waals surface area contributed by atoms with Crippen molar-refractivity contribution in [2.45, 2.75) is 37.9 Å². The summed E-state index contributed by atoms with van der Waals surface area (Å²) in [7, 11) is 1.48. The fourth-order valence-electron chi connectivity index (χ4n) is 2.05. The van der Waals surface area contributed by atoms with Crippen molar-refractivity contribution in [2.75, 3.05) is 20.3 Å². The van der Waals surface area contributed by atoms with Gasteiger partial charge in [0.05, 0.1) is 12.1 Å². The van der Waals surface area contributed by atoms with Gasteiger partial charge >= 0.3 is 12.2 Å². The quantitative estimate of drug-likeness (QED) is 0.808.